The number of ketones is 1. The van der Waals surface area contributed by atoms with Crippen LogP contribution in [0.4, 0.5) is 0 Å². The quantitative estimate of drug-likeness (QED) is 0.0475. The highest BCUT2D eigenvalue weighted by molar-refractivity contribution is 6.37. The molecule has 0 unspecified atom stereocenters. The zero-order valence-electron chi connectivity index (χ0n) is 35.2. The number of carboxylic acids is 4. The minimum Gasteiger partial charge on any atom is -0.481 e. The Labute approximate surface area is 353 Å². The lowest BCUT2D eigenvalue weighted by Gasteiger charge is -2.31. The summed E-state index contributed by atoms with van der Waals surface area (Å²) < 4.78 is 0. The Morgan fingerprint density at radius 2 is 1.07 bits per heavy atom. The van der Waals surface area contributed by atoms with E-state index in [0.29, 0.717) is 6.42 Å². The Hall–Kier alpha value is -5.63. The molecule has 0 spiro atoms. The molecule has 0 aromatic rings. The fourth-order valence-electron chi connectivity index (χ4n) is 7.07. The number of carbonyl (C=O) groups excluding carboxylic acids is 7. The summed E-state index contributed by atoms with van der Waals surface area (Å²) in [6.07, 6.45) is 1.92. The highest BCUT2D eigenvalue weighted by Crippen LogP contribution is 2.37. The highest BCUT2D eigenvalue weighted by atomic mass is 16.4. The summed E-state index contributed by atoms with van der Waals surface area (Å²) in [5.74, 6) is -12.8. The monoisotopic (exact) mass is 866 g/mol. The summed E-state index contributed by atoms with van der Waals surface area (Å²) >= 11 is 0. The van der Waals surface area contributed by atoms with Crippen molar-refractivity contribution in [2.75, 3.05) is 0 Å². The first-order valence-electron chi connectivity index (χ1n) is 20.8. The molecule has 2 saturated carbocycles. The molecule has 0 heterocycles. The van der Waals surface area contributed by atoms with Crippen LogP contribution in [0.1, 0.15) is 130 Å². The number of hydrogen-bond donors (Lipinski definition) is 10. The molecular formula is C40H62N6O15. The Kier molecular flexibility index (Phi) is 20.8. The van der Waals surface area contributed by atoms with E-state index in [-0.39, 0.29) is 37.5 Å². The van der Waals surface area contributed by atoms with Crippen LogP contribution in [0, 0.1) is 17.8 Å². The number of rotatable bonds is 28. The number of nitrogens with one attached hydrogen (secondary N) is 6. The van der Waals surface area contributed by atoms with Crippen LogP contribution in [-0.2, 0) is 52.7 Å². The number of carbonyl (C=O) groups is 11. The molecule has 2 aliphatic rings. The molecule has 342 valence electrons. The van der Waals surface area contributed by atoms with Crippen molar-refractivity contribution in [3.05, 3.63) is 0 Å². The second-order valence-corrected chi connectivity index (χ2v) is 16.5. The lowest BCUT2D eigenvalue weighted by molar-refractivity contribution is -0.151. The van der Waals surface area contributed by atoms with Crippen LogP contribution in [0.5, 0.6) is 0 Å². The minimum atomic E-state index is -1.69. The van der Waals surface area contributed by atoms with Gasteiger partial charge in [0.25, 0.3) is 5.78 Å². The predicted molar refractivity (Wildman–Crippen MR) is 213 cm³/mol. The van der Waals surface area contributed by atoms with Crippen LogP contribution >= 0.6 is 0 Å². The molecule has 2 aliphatic carbocycles. The zero-order chi connectivity index (χ0) is 46.0. The lowest BCUT2D eigenvalue weighted by atomic mass is 9.84. The van der Waals surface area contributed by atoms with E-state index in [1.807, 2.05) is 0 Å². The molecule has 6 atom stereocenters. The minimum absolute atomic E-state index is 0.000708. The van der Waals surface area contributed by atoms with E-state index < -0.39 is 145 Å². The maximum Gasteiger partial charge on any atom is 0.374 e. The summed E-state index contributed by atoms with van der Waals surface area (Å²) in [7, 11) is 0. The van der Waals surface area contributed by atoms with Gasteiger partial charge in [-0.3, -0.25) is 47.9 Å². The van der Waals surface area contributed by atoms with Gasteiger partial charge >= 0.3 is 23.9 Å². The van der Waals surface area contributed by atoms with Gasteiger partial charge in [0.05, 0.1) is 6.42 Å². The molecule has 21 heteroatoms. The van der Waals surface area contributed by atoms with Gasteiger partial charge in [-0.2, -0.15) is 0 Å². The number of amides is 6. The number of Topliss-reactive ketones (excluding diaryl/α,β-unsaturated/α-hetero) is 1. The molecule has 6 amide bonds. The summed E-state index contributed by atoms with van der Waals surface area (Å²) in [6.45, 7) is 6.93. The molecular weight excluding hydrogens is 804 g/mol. The van der Waals surface area contributed by atoms with E-state index >= 15 is 0 Å². The first kappa shape index (κ1) is 51.5. The predicted octanol–water partition coefficient (Wildman–Crippen LogP) is 0.370. The fourth-order valence-corrected chi connectivity index (χ4v) is 7.07. The standard InChI is InChI=1S/C40H62N6O15/c1-5-22(4)32(38(59)44-27(20-23-9-7-6-8-10-23)37(58)46-40(17-18-40)33(54)39(60)61)45-36(57)26(19-21(2)3)43-35(56)25(12-15-30(50)51)42-34(55)24(11-14-29(48)49)41-28(47)13-16-31(52)53/h21-27,32H,5-20H2,1-4H3,(H,41,47)(H,42,55)(H,43,56)(H,44,59)(H,45,57)(H,46,58)(H,48,49)(H,50,51)(H,52,53)(H,60,61)/t22-,24-,25+,26-,27-,32-/m0/s1. The van der Waals surface area contributed by atoms with Crippen molar-refractivity contribution in [3.63, 3.8) is 0 Å². The Morgan fingerprint density at radius 3 is 1.54 bits per heavy atom. The van der Waals surface area contributed by atoms with Crippen molar-refractivity contribution in [2.24, 2.45) is 17.8 Å². The molecule has 0 aromatic carbocycles. The third-order valence-electron chi connectivity index (χ3n) is 10.9. The van der Waals surface area contributed by atoms with Gasteiger partial charge < -0.3 is 52.3 Å². The molecule has 61 heavy (non-hydrogen) atoms. The SMILES string of the molecule is CC[C@H](C)[C@H](NC(=O)[C@H](CC(C)C)NC(=O)[C@@H](CCC(=O)O)NC(=O)[C@H](CCC(=O)O)NC(=O)CCC(=O)O)C(=O)N[C@@H](CC1CCCCC1)C(=O)NC1(C(=O)C(=O)O)CC1. The van der Waals surface area contributed by atoms with Crippen LogP contribution < -0.4 is 31.9 Å². The van der Waals surface area contributed by atoms with Crippen molar-refractivity contribution in [1.29, 1.82) is 0 Å². The molecule has 2 rings (SSSR count). The molecule has 0 radical (unpaired) electrons. The van der Waals surface area contributed by atoms with Crippen LogP contribution in [0.2, 0.25) is 0 Å². The van der Waals surface area contributed by atoms with E-state index in [1.54, 1.807) is 27.7 Å². The summed E-state index contributed by atoms with van der Waals surface area (Å²) in [4.78, 5) is 139. The third-order valence-corrected chi connectivity index (χ3v) is 10.9. The van der Waals surface area contributed by atoms with E-state index in [4.69, 9.17) is 5.11 Å². The van der Waals surface area contributed by atoms with Gasteiger partial charge in [-0.15, -0.1) is 0 Å². The van der Waals surface area contributed by atoms with Crippen LogP contribution in [0.25, 0.3) is 0 Å². The van der Waals surface area contributed by atoms with Crippen molar-refractivity contribution < 1.29 is 73.2 Å². The maximum atomic E-state index is 14.1. The number of aliphatic carboxylic acids is 4. The van der Waals surface area contributed by atoms with Gasteiger partial charge in [0.2, 0.25) is 35.4 Å². The van der Waals surface area contributed by atoms with Crippen LogP contribution in [0.3, 0.4) is 0 Å². The highest BCUT2D eigenvalue weighted by Gasteiger charge is 2.54. The average molecular weight is 867 g/mol. The van der Waals surface area contributed by atoms with E-state index in [1.165, 1.54) is 0 Å². The molecule has 0 bridgehead atoms. The van der Waals surface area contributed by atoms with E-state index in [0.717, 1.165) is 32.1 Å². The number of hydrogen-bond acceptors (Lipinski definition) is 11. The fraction of sp³-hybridized carbons (Fsp3) is 0.725. The molecule has 21 nitrogen and oxygen atoms in total. The zero-order valence-corrected chi connectivity index (χ0v) is 35.2. The van der Waals surface area contributed by atoms with E-state index in [2.05, 4.69) is 31.9 Å². The average Bonchev–Trinajstić information content (AvgIpc) is 3.97. The van der Waals surface area contributed by atoms with Gasteiger partial charge in [-0.1, -0.05) is 66.2 Å². The smallest absolute Gasteiger partial charge is 0.374 e. The first-order chi connectivity index (χ1) is 28.6. The largest absolute Gasteiger partial charge is 0.481 e. The molecule has 2 fully saturated rings. The molecule has 0 aromatic heterocycles. The normalized spacial score (nSPS) is 17.5. The summed E-state index contributed by atoms with van der Waals surface area (Å²) in [5, 5.41) is 51.9. The van der Waals surface area contributed by atoms with Crippen molar-refractivity contribution in [3.8, 4) is 0 Å². The number of carboxylic acid groups (broad SMARTS) is 4. The third kappa shape index (κ3) is 17.9. The van der Waals surface area contributed by atoms with Crippen molar-refractivity contribution in [1.82, 2.24) is 31.9 Å². The van der Waals surface area contributed by atoms with Crippen molar-refractivity contribution >= 4 is 65.1 Å². The maximum absolute atomic E-state index is 14.1. The Balaban J connectivity index is 2.35. The first-order valence-corrected chi connectivity index (χ1v) is 20.8. The van der Waals surface area contributed by atoms with Gasteiger partial charge in [0.1, 0.15) is 35.7 Å². The van der Waals surface area contributed by atoms with Crippen LogP contribution in [0.15, 0.2) is 0 Å². The van der Waals surface area contributed by atoms with Gasteiger partial charge in [-0.25, -0.2) is 4.79 Å². The summed E-state index contributed by atoms with van der Waals surface area (Å²) in [6, 6.07) is -6.97. The molecule has 0 aliphatic heterocycles. The second kappa shape index (κ2) is 24.6. The Bertz CT molecular complexity index is 1640. The molecule has 0 saturated heterocycles. The van der Waals surface area contributed by atoms with E-state index in [9.17, 15) is 68.1 Å². The lowest BCUT2D eigenvalue weighted by Crippen LogP contribution is -2.61. The van der Waals surface area contributed by atoms with Gasteiger partial charge in [-0.05, 0) is 56.3 Å². The summed E-state index contributed by atoms with van der Waals surface area (Å²) in [5.41, 5.74) is -1.57. The second-order valence-electron chi connectivity index (χ2n) is 16.5. The van der Waals surface area contributed by atoms with Gasteiger partial charge in [0.15, 0.2) is 0 Å². The topological polar surface area (TPSA) is 341 Å². The van der Waals surface area contributed by atoms with Gasteiger partial charge in [0, 0.05) is 19.3 Å². The molecule has 10 N–H and O–H groups in total. The van der Waals surface area contributed by atoms with Crippen LogP contribution in [-0.4, -0.2) is 121 Å². The van der Waals surface area contributed by atoms with Crippen molar-refractivity contribution in [2.45, 2.75) is 166 Å². The Morgan fingerprint density at radius 1 is 0.574 bits per heavy atom.